The smallest absolute Gasteiger partial charge is 0.170 e. The van der Waals surface area contributed by atoms with Gasteiger partial charge in [-0.05, 0) is 22.0 Å². The molecule has 2 rings (SSSR count). The van der Waals surface area contributed by atoms with Crippen molar-refractivity contribution >= 4 is 26.9 Å². The van der Waals surface area contributed by atoms with Crippen LogP contribution in [0.4, 0.5) is 0 Å². The van der Waals surface area contributed by atoms with Gasteiger partial charge in [-0.1, -0.05) is 18.2 Å². The van der Waals surface area contributed by atoms with E-state index in [0.717, 1.165) is 16.5 Å². The Morgan fingerprint density at radius 2 is 2.29 bits per heavy atom. The molecule has 0 aliphatic rings. The molecule has 74 valence electrons. The fourth-order valence-corrected chi connectivity index (χ4v) is 1.85. The van der Waals surface area contributed by atoms with Gasteiger partial charge in [-0.3, -0.25) is 0 Å². The summed E-state index contributed by atoms with van der Waals surface area (Å²) in [5.41, 5.74) is 7.31. The molecule has 0 amide bonds. The molecule has 3 nitrogen and oxygen atoms in total. The summed E-state index contributed by atoms with van der Waals surface area (Å²) in [6.07, 6.45) is 0. The van der Waals surface area contributed by atoms with Crippen LogP contribution in [0.25, 0.3) is 11.0 Å². The van der Waals surface area contributed by atoms with Crippen molar-refractivity contribution in [2.75, 3.05) is 6.61 Å². The average Bonchev–Trinajstić information content (AvgIpc) is 2.56. The van der Waals surface area contributed by atoms with Gasteiger partial charge in [0.1, 0.15) is 5.58 Å². The number of hydrogen-bond acceptors (Lipinski definition) is 3. The van der Waals surface area contributed by atoms with E-state index >= 15 is 0 Å². The zero-order chi connectivity index (χ0) is 10.1. The highest BCUT2D eigenvalue weighted by Gasteiger charge is 2.12. The number of nitrogens with two attached hydrogens (primary N) is 1. The molecule has 0 saturated heterocycles. The lowest BCUT2D eigenvalue weighted by atomic mass is 10.1. The molecular weight excluding hydrogens is 246 g/mol. The van der Waals surface area contributed by atoms with Crippen LogP contribution in [0.3, 0.4) is 0 Å². The fraction of sp³-hybridized carbons (Fsp3) is 0.200. The Balaban J connectivity index is 2.64. The molecule has 3 N–H and O–H groups in total. The molecule has 0 bridgehead atoms. The first-order valence-electron chi connectivity index (χ1n) is 4.27. The SMILES string of the molecule is NC(CO)c1cccc2cc(Br)oc12. The van der Waals surface area contributed by atoms with E-state index in [2.05, 4.69) is 15.9 Å². The summed E-state index contributed by atoms with van der Waals surface area (Å²) in [6, 6.07) is 7.19. The molecule has 0 aliphatic heterocycles. The highest BCUT2D eigenvalue weighted by Crippen LogP contribution is 2.28. The number of hydrogen-bond donors (Lipinski definition) is 2. The van der Waals surface area contributed by atoms with E-state index in [1.165, 1.54) is 0 Å². The lowest BCUT2D eigenvalue weighted by Gasteiger charge is -2.07. The van der Waals surface area contributed by atoms with Gasteiger partial charge in [-0.25, -0.2) is 0 Å². The molecule has 1 heterocycles. The first-order chi connectivity index (χ1) is 6.72. The van der Waals surface area contributed by atoms with Gasteiger partial charge in [0, 0.05) is 10.9 Å². The van der Waals surface area contributed by atoms with E-state index in [1.54, 1.807) is 0 Å². The molecule has 0 radical (unpaired) electrons. The maximum Gasteiger partial charge on any atom is 0.170 e. The first kappa shape index (κ1) is 9.71. The minimum Gasteiger partial charge on any atom is -0.449 e. The minimum atomic E-state index is -0.392. The summed E-state index contributed by atoms with van der Waals surface area (Å²) in [4.78, 5) is 0. The second-order valence-electron chi connectivity index (χ2n) is 3.11. The zero-order valence-corrected chi connectivity index (χ0v) is 8.99. The van der Waals surface area contributed by atoms with Crippen molar-refractivity contribution in [2.24, 2.45) is 5.73 Å². The van der Waals surface area contributed by atoms with Gasteiger partial charge in [-0.15, -0.1) is 0 Å². The second-order valence-corrected chi connectivity index (χ2v) is 3.89. The Kier molecular flexibility index (Phi) is 2.58. The second kappa shape index (κ2) is 3.73. The van der Waals surface area contributed by atoms with Crippen LogP contribution in [0, 0.1) is 0 Å². The van der Waals surface area contributed by atoms with E-state index in [-0.39, 0.29) is 6.61 Å². The van der Waals surface area contributed by atoms with E-state index in [1.807, 2.05) is 24.3 Å². The average molecular weight is 256 g/mol. The third-order valence-electron chi connectivity index (χ3n) is 2.14. The van der Waals surface area contributed by atoms with Gasteiger partial charge in [0.2, 0.25) is 0 Å². The van der Waals surface area contributed by atoms with Crippen molar-refractivity contribution in [3.8, 4) is 0 Å². The van der Waals surface area contributed by atoms with Crippen LogP contribution < -0.4 is 5.73 Å². The Labute approximate surface area is 89.6 Å². The summed E-state index contributed by atoms with van der Waals surface area (Å²) in [5, 5.41) is 9.96. The van der Waals surface area contributed by atoms with Crippen molar-refractivity contribution < 1.29 is 9.52 Å². The molecular formula is C10H10BrNO2. The fourth-order valence-electron chi connectivity index (χ4n) is 1.44. The van der Waals surface area contributed by atoms with Crippen molar-refractivity contribution in [3.05, 3.63) is 34.5 Å². The largest absolute Gasteiger partial charge is 0.449 e. The highest BCUT2D eigenvalue weighted by atomic mass is 79.9. The van der Waals surface area contributed by atoms with Crippen LogP contribution in [0.5, 0.6) is 0 Å². The predicted molar refractivity (Wildman–Crippen MR) is 57.9 cm³/mol. The van der Waals surface area contributed by atoms with E-state index < -0.39 is 6.04 Å². The van der Waals surface area contributed by atoms with E-state index in [0.29, 0.717) is 4.67 Å². The number of para-hydroxylation sites is 1. The van der Waals surface area contributed by atoms with Gasteiger partial charge in [0.05, 0.1) is 12.6 Å². The number of rotatable bonds is 2. The predicted octanol–water partition coefficient (Wildman–Crippen LogP) is 2.19. The summed E-state index contributed by atoms with van der Waals surface area (Å²) >= 11 is 3.26. The number of aliphatic hydroxyl groups excluding tert-OH is 1. The maximum absolute atomic E-state index is 8.98. The van der Waals surface area contributed by atoms with Crippen molar-refractivity contribution in [2.45, 2.75) is 6.04 Å². The van der Waals surface area contributed by atoms with Gasteiger partial charge in [0.15, 0.2) is 4.67 Å². The van der Waals surface area contributed by atoms with Crippen molar-refractivity contribution in [1.82, 2.24) is 0 Å². The molecule has 1 atom stereocenters. The molecule has 1 aromatic carbocycles. The number of furan rings is 1. The molecule has 14 heavy (non-hydrogen) atoms. The third-order valence-corrected chi connectivity index (χ3v) is 2.53. The van der Waals surface area contributed by atoms with Crippen LogP contribution in [-0.2, 0) is 0 Å². The van der Waals surface area contributed by atoms with Crippen LogP contribution in [0.1, 0.15) is 11.6 Å². The quantitative estimate of drug-likeness (QED) is 0.865. The Morgan fingerprint density at radius 3 is 3.00 bits per heavy atom. The van der Waals surface area contributed by atoms with Crippen molar-refractivity contribution in [3.63, 3.8) is 0 Å². The van der Waals surface area contributed by atoms with Crippen LogP contribution in [0.2, 0.25) is 0 Å². The number of aliphatic hydroxyl groups is 1. The topological polar surface area (TPSA) is 59.4 Å². The molecule has 4 heteroatoms. The maximum atomic E-state index is 8.98. The molecule has 1 unspecified atom stereocenters. The molecule has 0 aliphatic carbocycles. The number of benzene rings is 1. The number of fused-ring (bicyclic) bond motifs is 1. The van der Waals surface area contributed by atoms with Gasteiger partial charge in [-0.2, -0.15) is 0 Å². The first-order valence-corrected chi connectivity index (χ1v) is 5.06. The molecule has 0 saturated carbocycles. The van der Waals surface area contributed by atoms with Crippen LogP contribution in [0.15, 0.2) is 33.4 Å². The van der Waals surface area contributed by atoms with Gasteiger partial charge in [0.25, 0.3) is 0 Å². The van der Waals surface area contributed by atoms with Crippen LogP contribution in [-0.4, -0.2) is 11.7 Å². The van der Waals surface area contributed by atoms with Gasteiger partial charge < -0.3 is 15.3 Å². The Bertz CT molecular complexity index is 452. The summed E-state index contributed by atoms with van der Waals surface area (Å²) < 4.78 is 6.12. The van der Waals surface area contributed by atoms with Crippen molar-refractivity contribution in [1.29, 1.82) is 0 Å². The number of halogens is 1. The van der Waals surface area contributed by atoms with E-state index in [4.69, 9.17) is 15.3 Å². The third kappa shape index (κ3) is 1.56. The summed E-state index contributed by atoms with van der Waals surface area (Å²) in [5.74, 6) is 0. The lowest BCUT2D eigenvalue weighted by Crippen LogP contribution is -2.14. The molecule has 2 aromatic rings. The minimum absolute atomic E-state index is 0.0859. The standard InChI is InChI=1S/C10H10BrNO2/c11-9-4-6-2-1-3-7(8(12)5-13)10(6)14-9/h1-4,8,13H,5,12H2. The summed E-state index contributed by atoms with van der Waals surface area (Å²) in [6.45, 7) is -0.0859. The normalized spacial score (nSPS) is 13.4. The monoisotopic (exact) mass is 255 g/mol. The molecule has 0 fully saturated rings. The van der Waals surface area contributed by atoms with Gasteiger partial charge >= 0.3 is 0 Å². The highest BCUT2D eigenvalue weighted by molar-refractivity contribution is 9.10. The molecule has 1 aromatic heterocycles. The molecule has 0 spiro atoms. The Morgan fingerprint density at radius 1 is 1.50 bits per heavy atom. The zero-order valence-electron chi connectivity index (χ0n) is 7.40. The lowest BCUT2D eigenvalue weighted by molar-refractivity contribution is 0.268. The Hall–Kier alpha value is -0.840. The van der Waals surface area contributed by atoms with Crippen LogP contribution >= 0.6 is 15.9 Å². The summed E-state index contributed by atoms with van der Waals surface area (Å²) in [7, 11) is 0. The van der Waals surface area contributed by atoms with E-state index in [9.17, 15) is 0 Å².